The van der Waals surface area contributed by atoms with Crippen LogP contribution >= 0.6 is 23.2 Å². The molecule has 1 aromatic heterocycles. The highest BCUT2D eigenvalue weighted by Crippen LogP contribution is 2.38. The van der Waals surface area contributed by atoms with Crippen molar-refractivity contribution >= 4 is 33.0 Å². The van der Waals surface area contributed by atoms with E-state index >= 15 is 0 Å². The number of hydrogen-bond acceptors (Lipinski definition) is 5. The normalized spacial score (nSPS) is 15.3. The average molecular weight is 347 g/mol. The van der Waals surface area contributed by atoms with E-state index in [1.807, 2.05) is 0 Å². The molecule has 0 saturated heterocycles. The van der Waals surface area contributed by atoms with Crippen molar-refractivity contribution in [2.75, 3.05) is 0 Å². The van der Waals surface area contributed by atoms with E-state index in [1.54, 1.807) is 12.1 Å². The van der Waals surface area contributed by atoms with Crippen LogP contribution in [0, 0.1) is 0 Å². The van der Waals surface area contributed by atoms with Gasteiger partial charge in [0.25, 0.3) is 0 Å². The smallest absolute Gasteiger partial charge is 0.241 e. The van der Waals surface area contributed by atoms with Gasteiger partial charge >= 0.3 is 0 Å². The number of sulfone groups is 1. The fourth-order valence-electron chi connectivity index (χ4n) is 1.95. The molecule has 1 fully saturated rings. The fraction of sp³-hybridized carbons (Fsp3) is 0.385. The Morgan fingerprint density at radius 1 is 1.24 bits per heavy atom. The minimum absolute atomic E-state index is 0.127. The zero-order chi connectivity index (χ0) is 15.0. The quantitative estimate of drug-likeness (QED) is 0.829. The molecule has 0 radical (unpaired) electrons. The third-order valence-corrected chi connectivity index (χ3v) is 5.18. The van der Waals surface area contributed by atoms with Crippen LogP contribution in [0.2, 0.25) is 10.0 Å². The first kappa shape index (κ1) is 14.8. The Morgan fingerprint density at radius 3 is 2.67 bits per heavy atom. The Labute approximate surface area is 132 Å². The second-order valence-electron chi connectivity index (χ2n) is 5.09. The molecule has 3 rings (SSSR count). The Hall–Kier alpha value is -1.11. The lowest BCUT2D eigenvalue weighted by Gasteiger charge is -2.04. The summed E-state index contributed by atoms with van der Waals surface area (Å²) in [6.07, 6.45) is 2.07. The van der Waals surface area contributed by atoms with Gasteiger partial charge in [-0.15, -0.1) is 0 Å². The zero-order valence-corrected chi connectivity index (χ0v) is 13.2. The van der Waals surface area contributed by atoms with E-state index in [-0.39, 0.29) is 17.4 Å². The third-order valence-electron chi connectivity index (χ3n) is 3.16. The Morgan fingerprint density at radius 2 is 2.00 bits per heavy atom. The molecule has 5 nitrogen and oxygen atoms in total. The predicted molar refractivity (Wildman–Crippen MR) is 79.1 cm³/mol. The van der Waals surface area contributed by atoms with E-state index in [4.69, 9.17) is 27.7 Å². The molecule has 0 amide bonds. The zero-order valence-electron chi connectivity index (χ0n) is 10.9. The average Bonchev–Trinajstić information content (AvgIpc) is 3.14. The van der Waals surface area contributed by atoms with Crippen LogP contribution in [0.3, 0.4) is 0 Å². The van der Waals surface area contributed by atoms with Crippen molar-refractivity contribution in [2.24, 2.45) is 0 Å². The van der Waals surface area contributed by atoms with Gasteiger partial charge in [-0.3, -0.25) is 0 Å². The Bertz CT molecular complexity index is 769. The van der Waals surface area contributed by atoms with Gasteiger partial charge in [-0.05, 0) is 30.5 Å². The van der Waals surface area contributed by atoms with Crippen molar-refractivity contribution in [1.29, 1.82) is 0 Å². The van der Waals surface area contributed by atoms with Crippen molar-refractivity contribution < 1.29 is 12.9 Å². The van der Waals surface area contributed by atoms with Gasteiger partial charge < -0.3 is 4.52 Å². The topological polar surface area (TPSA) is 73.1 Å². The molecule has 0 N–H and O–H groups in total. The molecule has 0 spiro atoms. The first-order valence-electron chi connectivity index (χ1n) is 6.40. The molecule has 8 heteroatoms. The van der Waals surface area contributed by atoms with Crippen LogP contribution in [0.1, 0.15) is 36.0 Å². The van der Waals surface area contributed by atoms with E-state index in [2.05, 4.69) is 10.1 Å². The number of hydrogen-bond donors (Lipinski definition) is 0. The number of benzene rings is 1. The van der Waals surface area contributed by atoms with E-state index < -0.39 is 9.84 Å². The molecule has 0 unspecified atom stereocenters. The van der Waals surface area contributed by atoms with Gasteiger partial charge in [-0.25, -0.2) is 8.42 Å². The molecule has 0 atom stereocenters. The first-order valence-corrected chi connectivity index (χ1v) is 8.97. The molecule has 21 heavy (non-hydrogen) atoms. The summed E-state index contributed by atoms with van der Waals surface area (Å²) in [7, 11) is -3.44. The summed E-state index contributed by atoms with van der Waals surface area (Å²) in [4.78, 5) is 4.12. The summed E-state index contributed by atoms with van der Waals surface area (Å²) in [6.45, 7) is 0. The second kappa shape index (κ2) is 5.59. The van der Waals surface area contributed by atoms with Crippen molar-refractivity contribution in [1.82, 2.24) is 10.1 Å². The van der Waals surface area contributed by atoms with Crippen LogP contribution in [0.25, 0.3) is 0 Å². The number of halogens is 2. The highest BCUT2D eigenvalue weighted by molar-refractivity contribution is 7.89. The lowest BCUT2D eigenvalue weighted by Crippen LogP contribution is -2.08. The van der Waals surface area contributed by atoms with Crippen molar-refractivity contribution in [3.8, 4) is 0 Å². The first-order chi connectivity index (χ1) is 9.93. The van der Waals surface area contributed by atoms with Crippen LogP contribution in [-0.4, -0.2) is 18.6 Å². The van der Waals surface area contributed by atoms with Gasteiger partial charge in [0.1, 0.15) is 5.75 Å². The van der Waals surface area contributed by atoms with Gasteiger partial charge in [0, 0.05) is 16.0 Å². The number of nitrogens with zero attached hydrogens (tertiary/aromatic N) is 2. The maximum atomic E-state index is 12.2. The highest BCUT2D eigenvalue weighted by atomic mass is 35.5. The molecule has 0 aliphatic heterocycles. The van der Waals surface area contributed by atoms with Crippen molar-refractivity contribution in [3.05, 3.63) is 45.5 Å². The minimum atomic E-state index is -3.44. The summed E-state index contributed by atoms with van der Waals surface area (Å²) in [5, 5.41) is 4.60. The highest BCUT2D eigenvalue weighted by Gasteiger charge is 2.29. The largest absolute Gasteiger partial charge is 0.338 e. The molecule has 2 aromatic rings. The predicted octanol–water partition coefficient (Wildman–Crippen LogP) is 3.37. The summed E-state index contributed by atoms with van der Waals surface area (Å²) in [6, 6.07) is 4.73. The van der Waals surface area contributed by atoms with E-state index in [1.165, 1.54) is 6.07 Å². The van der Waals surface area contributed by atoms with Crippen LogP contribution in [0.5, 0.6) is 0 Å². The molecular weight excluding hydrogens is 335 g/mol. The van der Waals surface area contributed by atoms with Gasteiger partial charge in [-0.2, -0.15) is 4.98 Å². The minimum Gasteiger partial charge on any atom is -0.338 e. The summed E-state index contributed by atoms with van der Waals surface area (Å²) >= 11 is 11.8. The summed E-state index contributed by atoms with van der Waals surface area (Å²) in [5.74, 6) is 0.582. The maximum Gasteiger partial charge on any atom is 0.241 e. The molecule has 112 valence electrons. The van der Waals surface area contributed by atoms with E-state index in [9.17, 15) is 8.42 Å². The van der Waals surface area contributed by atoms with Gasteiger partial charge in [-0.1, -0.05) is 34.4 Å². The van der Waals surface area contributed by atoms with E-state index in [0.717, 1.165) is 12.8 Å². The van der Waals surface area contributed by atoms with E-state index in [0.29, 0.717) is 27.4 Å². The molecule has 1 saturated carbocycles. The number of aromatic nitrogens is 2. The lowest BCUT2D eigenvalue weighted by atomic mass is 10.2. The Balaban J connectivity index is 1.73. The molecule has 1 aliphatic carbocycles. The summed E-state index contributed by atoms with van der Waals surface area (Å²) in [5.41, 5.74) is 0.503. The number of rotatable bonds is 5. The van der Waals surface area contributed by atoms with Crippen LogP contribution < -0.4 is 0 Å². The van der Waals surface area contributed by atoms with Gasteiger partial charge in [0.2, 0.25) is 5.89 Å². The molecule has 1 heterocycles. The molecule has 1 aliphatic rings. The van der Waals surface area contributed by atoms with Crippen LogP contribution in [0.4, 0.5) is 0 Å². The lowest BCUT2D eigenvalue weighted by molar-refractivity contribution is 0.382. The SMILES string of the molecule is O=S(=O)(Cc1nc(C2CC2)no1)Cc1ccc(Cl)cc1Cl. The second-order valence-corrected chi connectivity index (χ2v) is 8.00. The Kier molecular flexibility index (Phi) is 3.94. The molecule has 1 aromatic carbocycles. The monoisotopic (exact) mass is 346 g/mol. The van der Waals surface area contributed by atoms with Gasteiger partial charge in [0.15, 0.2) is 15.7 Å². The van der Waals surface area contributed by atoms with Crippen LogP contribution in [-0.2, 0) is 21.3 Å². The summed E-state index contributed by atoms with van der Waals surface area (Å²) < 4.78 is 29.4. The van der Waals surface area contributed by atoms with Crippen molar-refractivity contribution in [3.63, 3.8) is 0 Å². The standard InChI is InChI=1S/C13H12Cl2N2O3S/c14-10-4-3-9(11(15)5-10)6-21(18,19)7-12-16-13(17-20-12)8-1-2-8/h3-5,8H,1-2,6-7H2. The molecular formula is C13H12Cl2N2O3S. The van der Waals surface area contributed by atoms with Gasteiger partial charge in [0.05, 0.1) is 5.75 Å². The maximum absolute atomic E-state index is 12.2. The fourth-order valence-corrected chi connectivity index (χ4v) is 3.82. The van der Waals surface area contributed by atoms with Crippen molar-refractivity contribution in [2.45, 2.75) is 30.3 Å². The third kappa shape index (κ3) is 3.75. The van der Waals surface area contributed by atoms with Crippen LogP contribution in [0.15, 0.2) is 22.7 Å². The molecule has 0 bridgehead atoms.